The summed E-state index contributed by atoms with van der Waals surface area (Å²) in [6.45, 7) is 4.37. The highest BCUT2D eigenvalue weighted by Gasteiger charge is 2.15. The lowest BCUT2D eigenvalue weighted by Gasteiger charge is -2.11. The molecule has 0 spiro atoms. The molecule has 0 aliphatic heterocycles. The second kappa shape index (κ2) is 11.9. The van der Waals surface area contributed by atoms with Gasteiger partial charge in [-0.1, -0.05) is 71.6 Å². The molecule has 2 nitrogen and oxygen atoms in total. The third-order valence-corrected chi connectivity index (χ3v) is 3.41. The first-order valence-corrected chi connectivity index (χ1v) is 7.45. The Morgan fingerprint density at radius 1 is 0.824 bits per heavy atom. The molecule has 0 radical (unpaired) electrons. The van der Waals surface area contributed by atoms with E-state index in [1.807, 2.05) is 0 Å². The molecule has 1 atom stereocenters. The molecule has 0 heterocycles. The molecule has 0 fully saturated rings. The second-order valence-electron chi connectivity index (χ2n) is 5.09. The molecular formula is C15H30O2. The maximum absolute atomic E-state index is 11.1. The highest BCUT2D eigenvalue weighted by atomic mass is 16.4. The second-order valence-corrected chi connectivity index (χ2v) is 5.09. The number of unbranched alkanes of at least 4 members (excludes halogenated alkanes) is 7. The van der Waals surface area contributed by atoms with Crippen LogP contribution in [0.1, 0.15) is 84.5 Å². The summed E-state index contributed by atoms with van der Waals surface area (Å²) >= 11 is 0. The normalized spacial score (nSPS) is 12.6. The van der Waals surface area contributed by atoms with Crippen molar-refractivity contribution in [3.63, 3.8) is 0 Å². The van der Waals surface area contributed by atoms with Crippen molar-refractivity contribution in [3.05, 3.63) is 0 Å². The average Bonchev–Trinajstić information content (AvgIpc) is 2.31. The van der Waals surface area contributed by atoms with Crippen molar-refractivity contribution in [1.82, 2.24) is 0 Å². The molecule has 1 unspecified atom stereocenters. The van der Waals surface area contributed by atoms with Crippen LogP contribution < -0.4 is 0 Å². The SMILES string of the molecule is CCCCCCCCC(CCCCC)C(=O)O. The Morgan fingerprint density at radius 3 is 1.76 bits per heavy atom. The summed E-state index contributed by atoms with van der Waals surface area (Å²) in [6.07, 6.45) is 12.6. The molecule has 0 aromatic rings. The maximum atomic E-state index is 11.1. The Balaban J connectivity index is 3.52. The summed E-state index contributed by atoms with van der Waals surface area (Å²) in [5, 5.41) is 9.11. The Kier molecular flexibility index (Phi) is 11.6. The summed E-state index contributed by atoms with van der Waals surface area (Å²) in [7, 11) is 0. The van der Waals surface area contributed by atoms with Crippen LogP contribution in [0.15, 0.2) is 0 Å². The number of carbonyl (C=O) groups is 1. The van der Waals surface area contributed by atoms with E-state index in [0.717, 1.165) is 25.7 Å². The molecule has 0 aliphatic carbocycles. The van der Waals surface area contributed by atoms with E-state index in [4.69, 9.17) is 5.11 Å². The van der Waals surface area contributed by atoms with E-state index >= 15 is 0 Å². The van der Waals surface area contributed by atoms with Gasteiger partial charge in [0.25, 0.3) is 0 Å². The van der Waals surface area contributed by atoms with Crippen LogP contribution in [0.4, 0.5) is 0 Å². The smallest absolute Gasteiger partial charge is 0.306 e. The topological polar surface area (TPSA) is 37.3 Å². The average molecular weight is 242 g/mol. The van der Waals surface area contributed by atoms with Gasteiger partial charge in [0.05, 0.1) is 5.92 Å². The molecule has 102 valence electrons. The van der Waals surface area contributed by atoms with Crippen LogP contribution in [-0.4, -0.2) is 11.1 Å². The fourth-order valence-corrected chi connectivity index (χ4v) is 2.20. The van der Waals surface area contributed by atoms with Gasteiger partial charge in [-0.3, -0.25) is 4.79 Å². The Bertz CT molecular complexity index is 178. The summed E-state index contributed by atoms with van der Waals surface area (Å²) < 4.78 is 0. The number of carboxylic acid groups (broad SMARTS) is 1. The Morgan fingerprint density at radius 2 is 1.24 bits per heavy atom. The number of rotatable bonds is 12. The minimum atomic E-state index is -0.588. The molecule has 0 rings (SSSR count). The third-order valence-electron chi connectivity index (χ3n) is 3.41. The molecular weight excluding hydrogens is 212 g/mol. The van der Waals surface area contributed by atoms with Crippen molar-refractivity contribution in [3.8, 4) is 0 Å². The van der Waals surface area contributed by atoms with Crippen LogP contribution >= 0.6 is 0 Å². The molecule has 2 heteroatoms. The molecule has 0 aromatic heterocycles. The largest absolute Gasteiger partial charge is 0.481 e. The predicted octanol–water partition coefficient (Wildman–Crippen LogP) is 5.02. The van der Waals surface area contributed by atoms with Crippen LogP contribution in [0.3, 0.4) is 0 Å². The third kappa shape index (κ3) is 10.3. The van der Waals surface area contributed by atoms with E-state index in [0.29, 0.717) is 0 Å². The van der Waals surface area contributed by atoms with Gasteiger partial charge in [-0.15, -0.1) is 0 Å². The van der Waals surface area contributed by atoms with Crippen molar-refractivity contribution in [2.45, 2.75) is 84.5 Å². The van der Waals surface area contributed by atoms with Gasteiger partial charge >= 0.3 is 5.97 Å². The van der Waals surface area contributed by atoms with Gasteiger partial charge < -0.3 is 5.11 Å². The van der Waals surface area contributed by atoms with Crippen molar-refractivity contribution in [2.24, 2.45) is 5.92 Å². The van der Waals surface area contributed by atoms with E-state index in [9.17, 15) is 4.79 Å². The van der Waals surface area contributed by atoms with Gasteiger partial charge in [0.1, 0.15) is 0 Å². The fourth-order valence-electron chi connectivity index (χ4n) is 2.20. The molecule has 0 saturated carbocycles. The predicted molar refractivity (Wildman–Crippen MR) is 73.3 cm³/mol. The van der Waals surface area contributed by atoms with Crippen LogP contribution in [0.25, 0.3) is 0 Å². The molecule has 0 amide bonds. The number of hydrogen-bond acceptors (Lipinski definition) is 1. The standard InChI is InChI=1S/C15H30O2/c1-3-5-7-8-9-11-13-14(15(16)17)12-10-6-4-2/h14H,3-13H2,1-2H3,(H,16,17). The van der Waals surface area contributed by atoms with Gasteiger partial charge in [0.15, 0.2) is 0 Å². The Labute approximate surface area is 107 Å². The monoisotopic (exact) mass is 242 g/mol. The minimum Gasteiger partial charge on any atom is -0.481 e. The lowest BCUT2D eigenvalue weighted by molar-refractivity contribution is -0.142. The molecule has 0 bridgehead atoms. The molecule has 17 heavy (non-hydrogen) atoms. The summed E-state index contributed by atoms with van der Waals surface area (Å²) in [5.74, 6) is -0.678. The van der Waals surface area contributed by atoms with Crippen LogP contribution in [0, 0.1) is 5.92 Å². The number of aliphatic carboxylic acids is 1. The van der Waals surface area contributed by atoms with Gasteiger partial charge in [-0.25, -0.2) is 0 Å². The lowest BCUT2D eigenvalue weighted by Crippen LogP contribution is -2.13. The van der Waals surface area contributed by atoms with Gasteiger partial charge in [0.2, 0.25) is 0 Å². The maximum Gasteiger partial charge on any atom is 0.306 e. The molecule has 1 N–H and O–H groups in total. The zero-order chi connectivity index (χ0) is 12.9. The highest BCUT2D eigenvalue weighted by Crippen LogP contribution is 2.18. The zero-order valence-corrected chi connectivity index (χ0v) is 11.7. The van der Waals surface area contributed by atoms with Crippen molar-refractivity contribution < 1.29 is 9.90 Å². The van der Waals surface area contributed by atoms with E-state index in [1.54, 1.807) is 0 Å². The molecule has 0 aliphatic rings. The first-order chi connectivity index (χ1) is 8.22. The van der Waals surface area contributed by atoms with E-state index in [2.05, 4.69) is 13.8 Å². The number of hydrogen-bond donors (Lipinski definition) is 1. The first-order valence-electron chi connectivity index (χ1n) is 7.45. The van der Waals surface area contributed by atoms with Gasteiger partial charge in [-0.2, -0.15) is 0 Å². The lowest BCUT2D eigenvalue weighted by atomic mass is 9.95. The first kappa shape index (κ1) is 16.5. The van der Waals surface area contributed by atoms with Gasteiger partial charge in [0, 0.05) is 0 Å². The highest BCUT2D eigenvalue weighted by molar-refractivity contribution is 5.69. The summed E-state index contributed by atoms with van der Waals surface area (Å²) in [5.41, 5.74) is 0. The number of carboxylic acids is 1. The van der Waals surface area contributed by atoms with Crippen LogP contribution in [-0.2, 0) is 4.79 Å². The molecule has 0 aromatic carbocycles. The van der Waals surface area contributed by atoms with Crippen molar-refractivity contribution >= 4 is 5.97 Å². The fraction of sp³-hybridized carbons (Fsp3) is 0.933. The van der Waals surface area contributed by atoms with Gasteiger partial charge in [-0.05, 0) is 12.8 Å². The van der Waals surface area contributed by atoms with E-state index in [1.165, 1.54) is 44.9 Å². The summed E-state index contributed by atoms with van der Waals surface area (Å²) in [6, 6.07) is 0. The quantitative estimate of drug-likeness (QED) is 0.488. The van der Waals surface area contributed by atoms with Crippen molar-refractivity contribution in [1.29, 1.82) is 0 Å². The summed E-state index contributed by atoms with van der Waals surface area (Å²) in [4.78, 5) is 11.1. The Hall–Kier alpha value is -0.530. The van der Waals surface area contributed by atoms with E-state index in [-0.39, 0.29) is 5.92 Å². The van der Waals surface area contributed by atoms with Crippen LogP contribution in [0.5, 0.6) is 0 Å². The van der Waals surface area contributed by atoms with Crippen LogP contribution in [0.2, 0.25) is 0 Å². The van der Waals surface area contributed by atoms with E-state index < -0.39 is 5.97 Å². The minimum absolute atomic E-state index is 0.0901. The van der Waals surface area contributed by atoms with Crippen molar-refractivity contribution in [2.75, 3.05) is 0 Å². The molecule has 0 saturated heterocycles. The zero-order valence-electron chi connectivity index (χ0n) is 11.7.